The Balaban J connectivity index is 2.02. The molecule has 0 radical (unpaired) electrons. The van der Waals surface area contributed by atoms with Gasteiger partial charge in [0.25, 0.3) is 0 Å². The fourth-order valence-corrected chi connectivity index (χ4v) is 2.58. The van der Waals surface area contributed by atoms with E-state index in [1.165, 1.54) is 32.4 Å². The van der Waals surface area contributed by atoms with E-state index < -0.39 is 4.92 Å². The Labute approximate surface area is 118 Å². The van der Waals surface area contributed by atoms with Crippen LogP contribution in [0.4, 0.5) is 11.4 Å². The summed E-state index contributed by atoms with van der Waals surface area (Å²) in [6, 6.07) is 5.46. The normalized spacial score (nSPS) is 19.6. The van der Waals surface area contributed by atoms with Crippen LogP contribution < -0.4 is 10.1 Å². The van der Waals surface area contributed by atoms with Gasteiger partial charge in [-0.05, 0) is 38.6 Å². The summed E-state index contributed by atoms with van der Waals surface area (Å²) in [5, 5.41) is 14.3. The number of benzene rings is 1. The Morgan fingerprint density at radius 3 is 2.95 bits per heavy atom. The van der Waals surface area contributed by atoms with Crippen LogP contribution in [0.5, 0.6) is 5.75 Å². The van der Waals surface area contributed by atoms with E-state index in [4.69, 9.17) is 4.74 Å². The Kier molecular flexibility index (Phi) is 4.79. The molecule has 0 bridgehead atoms. The van der Waals surface area contributed by atoms with Crippen molar-refractivity contribution in [3.63, 3.8) is 0 Å². The highest BCUT2D eigenvalue weighted by Gasteiger charge is 2.19. The van der Waals surface area contributed by atoms with E-state index in [1.54, 1.807) is 6.07 Å². The second-order valence-corrected chi connectivity index (χ2v) is 5.15. The van der Waals surface area contributed by atoms with E-state index in [9.17, 15) is 10.1 Å². The topological polar surface area (TPSA) is 67.6 Å². The smallest absolute Gasteiger partial charge is 0.312 e. The molecule has 1 atom stereocenters. The average Bonchev–Trinajstić information content (AvgIpc) is 2.46. The molecule has 6 nitrogen and oxygen atoms in total. The standard InChI is InChI=1S/C14H21N3O3/c1-16-8-4-3-5-12(16)10-15-11-6-7-14(20-2)13(9-11)17(18)19/h6-7,9,12,15H,3-5,8,10H2,1-2H3. The third-order valence-electron chi connectivity index (χ3n) is 3.84. The van der Waals surface area contributed by atoms with Gasteiger partial charge in [0.05, 0.1) is 12.0 Å². The van der Waals surface area contributed by atoms with Crippen molar-refractivity contribution in [1.82, 2.24) is 4.90 Å². The highest BCUT2D eigenvalue weighted by molar-refractivity contribution is 5.58. The lowest BCUT2D eigenvalue weighted by Gasteiger charge is -2.32. The molecule has 1 aliphatic rings. The summed E-state index contributed by atoms with van der Waals surface area (Å²) >= 11 is 0. The van der Waals surface area contributed by atoms with Gasteiger partial charge in [0.1, 0.15) is 0 Å². The predicted octanol–water partition coefficient (Wildman–Crippen LogP) is 2.50. The van der Waals surface area contributed by atoms with Gasteiger partial charge in [0.2, 0.25) is 0 Å². The maximum absolute atomic E-state index is 11.0. The maximum atomic E-state index is 11.0. The molecule has 1 N–H and O–H groups in total. The van der Waals surface area contributed by atoms with E-state index in [2.05, 4.69) is 17.3 Å². The van der Waals surface area contributed by atoms with Gasteiger partial charge in [0, 0.05) is 24.3 Å². The molecular formula is C14H21N3O3. The number of methoxy groups -OCH3 is 1. The Hall–Kier alpha value is -1.82. The molecule has 110 valence electrons. The molecule has 0 saturated carbocycles. The number of likely N-dealkylation sites (N-methyl/N-ethyl adjacent to an activating group) is 1. The van der Waals surface area contributed by atoms with Crippen LogP contribution >= 0.6 is 0 Å². The fraction of sp³-hybridized carbons (Fsp3) is 0.571. The molecule has 0 amide bonds. The summed E-state index contributed by atoms with van der Waals surface area (Å²) in [6.45, 7) is 1.93. The minimum Gasteiger partial charge on any atom is -0.490 e. The Morgan fingerprint density at radius 2 is 2.30 bits per heavy atom. The van der Waals surface area contributed by atoms with Crippen LogP contribution in [0.3, 0.4) is 0 Å². The van der Waals surface area contributed by atoms with Crippen molar-refractivity contribution in [3.05, 3.63) is 28.3 Å². The largest absolute Gasteiger partial charge is 0.490 e. The molecule has 20 heavy (non-hydrogen) atoms. The molecule has 2 rings (SSSR count). The fourth-order valence-electron chi connectivity index (χ4n) is 2.58. The zero-order valence-corrected chi connectivity index (χ0v) is 12.0. The molecule has 1 aromatic carbocycles. The van der Waals surface area contributed by atoms with Crippen molar-refractivity contribution in [3.8, 4) is 5.75 Å². The van der Waals surface area contributed by atoms with Gasteiger partial charge in [-0.1, -0.05) is 6.42 Å². The van der Waals surface area contributed by atoms with E-state index in [0.717, 1.165) is 18.8 Å². The van der Waals surface area contributed by atoms with Crippen molar-refractivity contribution >= 4 is 11.4 Å². The minimum atomic E-state index is -0.420. The van der Waals surface area contributed by atoms with E-state index in [1.807, 2.05) is 6.07 Å². The lowest BCUT2D eigenvalue weighted by molar-refractivity contribution is -0.385. The number of hydrogen-bond donors (Lipinski definition) is 1. The summed E-state index contributed by atoms with van der Waals surface area (Å²) < 4.78 is 5.00. The maximum Gasteiger partial charge on any atom is 0.312 e. The Morgan fingerprint density at radius 1 is 1.50 bits per heavy atom. The first-order valence-electron chi connectivity index (χ1n) is 6.88. The molecule has 0 aliphatic carbocycles. The van der Waals surface area contributed by atoms with Gasteiger partial charge in [-0.3, -0.25) is 10.1 Å². The van der Waals surface area contributed by atoms with Crippen LogP contribution in [0.15, 0.2) is 18.2 Å². The lowest BCUT2D eigenvalue weighted by atomic mass is 10.0. The number of piperidine rings is 1. The second-order valence-electron chi connectivity index (χ2n) is 5.15. The molecule has 1 saturated heterocycles. The molecular weight excluding hydrogens is 258 g/mol. The molecule has 1 fully saturated rings. The number of anilines is 1. The van der Waals surface area contributed by atoms with Gasteiger partial charge < -0.3 is 15.0 Å². The van der Waals surface area contributed by atoms with Crippen LogP contribution in [0.1, 0.15) is 19.3 Å². The van der Waals surface area contributed by atoms with Crippen LogP contribution in [0.25, 0.3) is 0 Å². The SMILES string of the molecule is COc1ccc(NCC2CCCCN2C)cc1[N+](=O)[O-]. The monoisotopic (exact) mass is 279 g/mol. The van der Waals surface area contributed by atoms with Crippen molar-refractivity contribution in [1.29, 1.82) is 0 Å². The molecule has 0 aromatic heterocycles. The summed E-state index contributed by atoms with van der Waals surface area (Å²) in [5.74, 6) is 0.287. The first-order valence-corrected chi connectivity index (χ1v) is 6.88. The number of likely N-dealkylation sites (tertiary alicyclic amines) is 1. The number of rotatable bonds is 5. The number of nitrogens with zero attached hydrogens (tertiary/aromatic N) is 2. The molecule has 0 spiro atoms. The van der Waals surface area contributed by atoms with Crippen molar-refractivity contribution in [2.24, 2.45) is 0 Å². The van der Waals surface area contributed by atoms with Crippen LogP contribution in [0.2, 0.25) is 0 Å². The van der Waals surface area contributed by atoms with Crippen LogP contribution in [-0.2, 0) is 0 Å². The van der Waals surface area contributed by atoms with Crippen LogP contribution in [-0.4, -0.2) is 43.1 Å². The van der Waals surface area contributed by atoms with Gasteiger partial charge in [-0.15, -0.1) is 0 Å². The predicted molar refractivity (Wildman–Crippen MR) is 78.4 cm³/mol. The summed E-state index contributed by atoms with van der Waals surface area (Å²) in [7, 11) is 3.56. The van der Waals surface area contributed by atoms with Gasteiger partial charge >= 0.3 is 5.69 Å². The van der Waals surface area contributed by atoms with E-state index in [-0.39, 0.29) is 11.4 Å². The summed E-state index contributed by atoms with van der Waals surface area (Å²) in [4.78, 5) is 12.9. The first-order chi connectivity index (χ1) is 9.61. The summed E-state index contributed by atoms with van der Waals surface area (Å²) in [6.07, 6.45) is 3.67. The van der Waals surface area contributed by atoms with Crippen LogP contribution in [0, 0.1) is 10.1 Å². The molecule has 1 unspecified atom stereocenters. The second kappa shape index (κ2) is 6.56. The third kappa shape index (κ3) is 3.39. The number of ether oxygens (including phenoxy) is 1. The average molecular weight is 279 g/mol. The van der Waals surface area contributed by atoms with Crippen molar-refractivity contribution in [2.45, 2.75) is 25.3 Å². The van der Waals surface area contributed by atoms with Gasteiger partial charge in [-0.2, -0.15) is 0 Å². The number of nitro benzene ring substituents is 1. The third-order valence-corrected chi connectivity index (χ3v) is 3.84. The first kappa shape index (κ1) is 14.6. The van der Waals surface area contributed by atoms with E-state index in [0.29, 0.717) is 6.04 Å². The van der Waals surface area contributed by atoms with Gasteiger partial charge in [-0.25, -0.2) is 0 Å². The van der Waals surface area contributed by atoms with Crippen molar-refractivity contribution < 1.29 is 9.66 Å². The lowest BCUT2D eigenvalue weighted by Crippen LogP contribution is -2.40. The highest BCUT2D eigenvalue weighted by Crippen LogP contribution is 2.29. The number of nitro groups is 1. The molecule has 6 heteroatoms. The van der Waals surface area contributed by atoms with Crippen molar-refractivity contribution in [2.75, 3.05) is 32.6 Å². The molecule has 1 aromatic rings. The number of hydrogen-bond acceptors (Lipinski definition) is 5. The number of nitrogens with one attached hydrogen (secondary N) is 1. The highest BCUT2D eigenvalue weighted by atomic mass is 16.6. The van der Waals surface area contributed by atoms with E-state index >= 15 is 0 Å². The zero-order valence-electron chi connectivity index (χ0n) is 12.0. The Bertz CT molecular complexity index is 479. The van der Waals surface area contributed by atoms with Gasteiger partial charge in [0.15, 0.2) is 5.75 Å². The molecule has 1 aliphatic heterocycles. The quantitative estimate of drug-likeness (QED) is 0.662. The summed E-state index contributed by atoms with van der Waals surface area (Å²) in [5.41, 5.74) is 0.756. The molecule has 1 heterocycles. The zero-order chi connectivity index (χ0) is 14.5. The minimum absolute atomic E-state index is 0.00509.